The second kappa shape index (κ2) is 17.0. The van der Waals surface area contributed by atoms with Crippen molar-refractivity contribution < 1.29 is 40.0 Å². The number of aldehydes is 1. The Morgan fingerprint density at radius 1 is 1.08 bits per heavy atom. The number of nitrogens with zero attached hydrogens (tertiary/aromatic N) is 1. The fourth-order valence-corrected chi connectivity index (χ4v) is 3.91. The summed E-state index contributed by atoms with van der Waals surface area (Å²) in [7, 11) is 0. The monoisotopic (exact) mass is 538 g/mol. The number of imide groups is 1. The maximum Gasteiger partial charge on any atom is 0.312 e. The Labute approximate surface area is 223 Å². The fraction of sp³-hybridized carbons (Fsp3) is 0.640. The lowest BCUT2D eigenvalue weighted by atomic mass is 9.89. The second-order valence-electron chi connectivity index (χ2n) is 9.42. The van der Waals surface area contributed by atoms with E-state index in [1.165, 1.54) is 12.2 Å². The van der Waals surface area contributed by atoms with Gasteiger partial charge in [0.25, 0.3) is 11.8 Å². The Hall–Kier alpha value is -3.61. The highest BCUT2D eigenvalue weighted by Gasteiger charge is 2.30. The van der Waals surface area contributed by atoms with Crippen molar-refractivity contribution in [3.63, 3.8) is 0 Å². The van der Waals surface area contributed by atoms with E-state index in [9.17, 15) is 38.7 Å². The van der Waals surface area contributed by atoms with E-state index in [-0.39, 0.29) is 62.4 Å². The molecule has 0 radical (unpaired) electrons. The molecule has 38 heavy (non-hydrogen) atoms. The summed E-state index contributed by atoms with van der Waals surface area (Å²) in [6.45, 7) is 3.13. The van der Waals surface area contributed by atoms with E-state index in [0.717, 1.165) is 4.90 Å². The average Bonchev–Trinajstić information content (AvgIpc) is 3.18. The van der Waals surface area contributed by atoms with Crippen molar-refractivity contribution in [3.8, 4) is 0 Å². The molecule has 13 nitrogen and oxygen atoms in total. The lowest BCUT2D eigenvalue weighted by molar-refractivity contribution is -0.137. The van der Waals surface area contributed by atoms with Gasteiger partial charge in [-0.2, -0.15) is 0 Å². The van der Waals surface area contributed by atoms with Crippen molar-refractivity contribution >= 4 is 41.7 Å². The number of rotatable bonds is 19. The number of urea groups is 1. The Morgan fingerprint density at radius 2 is 1.74 bits per heavy atom. The van der Waals surface area contributed by atoms with Gasteiger partial charge in [0.05, 0.1) is 12.6 Å². The molecule has 212 valence electrons. The summed E-state index contributed by atoms with van der Waals surface area (Å²) >= 11 is 0. The highest BCUT2D eigenvalue weighted by molar-refractivity contribution is 6.12. The fourth-order valence-electron chi connectivity index (χ4n) is 3.91. The average molecular weight is 539 g/mol. The van der Waals surface area contributed by atoms with Crippen LogP contribution in [0.4, 0.5) is 4.79 Å². The molecule has 0 spiro atoms. The number of nitrogens with two attached hydrogens (primary N) is 1. The van der Waals surface area contributed by atoms with Gasteiger partial charge in [-0.05, 0) is 31.6 Å². The van der Waals surface area contributed by atoms with E-state index in [2.05, 4.69) is 16.0 Å². The maximum atomic E-state index is 13.1. The predicted octanol–water partition coefficient (Wildman–Crippen LogP) is -0.687. The van der Waals surface area contributed by atoms with Crippen molar-refractivity contribution in [1.82, 2.24) is 20.9 Å². The summed E-state index contributed by atoms with van der Waals surface area (Å²) in [5, 5.41) is 16.6. The molecular weight excluding hydrogens is 498 g/mol. The number of hydrogen-bond donors (Lipinski definition) is 5. The molecule has 0 saturated heterocycles. The zero-order valence-electron chi connectivity index (χ0n) is 22.9. The molecule has 1 aliphatic heterocycles. The first-order chi connectivity index (χ1) is 18.4. The van der Waals surface area contributed by atoms with Crippen LogP contribution in [-0.4, -0.2) is 83.5 Å². The Kier molecular flexibility index (Phi) is 13.7. The van der Waals surface area contributed by atoms with Crippen molar-refractivity contribution in [2.24, 2.45) is 17.6 Å². The van der Waals surface area contributed by atoms with Crippen LogP contribution in [0, 0.1) is 11.8 Å². The second-order valence-corrected chi connectivity index (χ2v) is 9.42. The normalized spacial score (nSPS) is 15.6. The lowest BCUT2D eigenvalue weighted by Crippen LogP contribution is -2.47. The van der Waals surface area contributed by atoms with Crippen LogP contribution in [0.2, 0.25) is 0 Å². The molecule has 3 atom stereocenters. The molecule has 1 rings (SSSR count). The summed E-state index contributed by atoms with van der Waals surface area (Å²) in [4.78, 5) is 84.9. The zero-order valence-corrected chi connectivity index (χ0v) is 21.9. The number of aliphatic hydroxyl groups is 1. The summed E-state index contributed by atoms with van der Waals surface area (Å²) < 4.78 is 7.15. The van der Waals surface area contributed by atoms with Crippen LogP contribution in [0.25, 0.3) is 0 Å². The Balaban J connectivity index is 2.67. The van der Waals surface area contributed by atoms with Crippen molar-refractivity contribution in [3.05, 3.63) is 12.2 Å². The van der Waals surface area contributed by atoms with Gasteiger partial charge in [0, 0.05) is 44.0 Å². The van der Waals surface area contributed by atoms with Crippen LogP contribution in [0.15, 0.2) is 12.2 Å². The molecule has 0 bridgehead atoms. The molecule has 1 aliphatic rings. The number of aliphatic hydroxyl groups excluding tert-OH is 1. The van der Waals surface area contributed by atoms with E-state index in [1.807, 2.05) is 0 Å². The van der Waals surface area contributed by atoms with Gasteiger partial charge in [-0.3, -0.25) is 28.9 Å². The number of amides is 6. The number of unbranched alkanes of at least 4 members (excludes halogenated alkanes) is 2. The number of primary amides is 1. The zero-order chi connectivity index (χ0) is 29.5. The number of carbonyl (C=O) groups excluding carboxylic acids is 7. The summed E-state index contributed by atoms with van der Waals surface area (Å²) in [6, 6.07) is -3.06. The standard InChI is InChI=1S/C25H39N5O8/c1-16(2)23(29-20(34)8-4-3-5-12-30-21(35)9-10-22(30)36)19(33)13-17(7-6-11-27-25(26)38)24(37)28-18(14-31)15-32/h9-10,14,16-18,23,32H,3-8,11-13,15H2,1-2H3,(H,28,37)(H,29,34)(H3,26,27,38)/t17-,18+,23+/m1/s1/i14D. The molecule has 0 saturated carbocycles. The van der Waals surface area contributed by atoms with Gasteiger partial charge < -0.3 is 31.6 Å². The molecule has 0 aromatic carbocycles. The Morgan fingerprint density at radius 3 is 2.29 bits per heavy atom. The van der Waals surface area contributed by atoms with Gasteiger partial charge in [0.15, 0.2) is 5.78 Å². The number of hydrogen-bond acceptors (Lipinski definition) is 8. The van der Waals surface area contributed by atoms with Gasteiger partial charge in [-0.1, -0.05) is 20.3 Å². The van der Waals surface area contributed by atoms with Crippen LogP contribution in [-0.2, 0) is 28.8 Å². The topological polar surface area (TPSA) is 205 Å². The molecule has 0 aromatic heterocycles. The maximum absolute atomic E-state index is 13.1. The first kappa shape index (κ1) is 30.6. The molecular formula is C25H39N5O8. The minimum atomic E-state index is -1.43. The molecule has 0 unspecified atom stereocenters. The van der Waals surface area contributed by atoms with Gasteiger partial charge in [-0.25, -0.2) is 4.79 Å². The highest BCUT2D eigenvalue weighted by Crippen LogP contribution is 2.17. The van der Waals surface area contributed by atoms with Crippen molar-refractivity contribution in [2.45, 2.75) is 70.9 Å². The van der Waals surface area contributed by atoms with Crippen LogP contribution in [0.1, 0.15) is 60.2 Å². The van der Waals surface area contributed by atoms with E-state index in [0.29, 0.717) is 19.3 Å². The molecule has 6 amide bonds. The summed E-state index contributed by atoms with van der Waals surface area (Å²) in [5.41, 5.74) is 5.04. The molecule has 0 aromatic rings. The van der Waals surface area contributed by atoms with Crippen LogP contribution < -0.4 is 21.7 Å². The van der Waals surface area contributed by atoms with Crippen LogP contribution in [0.3, 0.4) is 0 Å². The molecule has 6 N–H and O–H groups in total. The third-order valence-electron chi connectivity index (χ3n) is 6.00. The minimum absolute atomic E-state index is 0.128. The quantitative estimate of drug-likeness (QED) is 0.0806. The number of Topliss-reactive ketones (excluding diaryl/α,β-unsaturated/α-hetero) is 1. The molecule has 0 aliphatic carbocycles. The smallest absolute Gasteiger partial charge is 0.312 e. The van der Waals surface area contributed by atoms with E-state index >= 15 is 0 Å². The largest absolute Gasteiger partial charge is 0.394 e. The van der Waals surface area contributed by atoms with Gasteiger partial charge in [0.1, 0.15) is 13.7 Å². The summed E-state index contributed by atoms with van der Waals surface area (Å²) in [5.74, 6) is -3.41. The van der Waals surface area contributed by atoms with Gasteiger partial charge in [0.2, 0.25) is 11.8 Å². The third-order valence-corrected chi connectivity index (χ3v) is 6.00. The number of carbonyl (C=O) groups is 7. The van der Waals surface area contributed by atoms with E-state index < -0.39 is 48.6 Å². The van der Waals surface area contributed by atoms with Gasteiger partial charge in [-0.15, -0.1) is 0 Å². The minimum Gasteiger partial charge on any atom is -0.394 e. The third kappa shape index (κ3) is 11.6. The first-order valence-corrected chi connectivity index (χ1v) is 12.7. The van der Waals surface area contributed by atoms with Crippen LogP contribution in [0.5, 0.6) is 0 Å². The SMILES string of the molecule is [2H]C(=O)[C@@H](CO)NC(=O)[C@H](CCCNC(N)=O)CC(=O)[C@@H](NC(=O)CCCCCN1C(=O)C=CC1=O)C(C)C. The predicted molar refractivity (Wildman–Crippen MR) is 136 cm³/mol. The Bertz CT molecular complexity index is 937. The summed E-state index contributed by atoms with van der Waals surface area (Å²) in [6.07, 6.45) is 3.13. The van der Waals surface area contributed by atoms with Crippen molar-refractivity contribution in [2.75, 3.05) is 19.7 Å². The van der Waals surface area contributed by atoms with Gasteiger partial charge >= 0.3 is 6.03 Å². The number of nitrogens with one attached hydrogen (secondary N) is 3. The van der Waals surface area contributed by atoms with Crippen LogP contribution >= 0.6 is 0 Å². The molecule has 1 heterocycles. The number of ketones is 1. The molecule has 13 heteroatoms. The lowest BCUT2D eigenvalue weighted by Gasteiger charge is -2.24. The van der Waals surface area contributed by atoms with E-state index in [1.54, 1.807) is 13.8 Å². The van der Waals surface area contributed by atoms with Crippen molar-refractivity contribution in [1.29, 1.82) is 0 Å². The molecule has 0 fully saturated rings. The highest BCUT2D eigenvalue weighted by atomic mass is 16.3. The first-order valence-electron chi connectivity index (χ1n) is 13.2. The van der Waals surface area contributed by atoms with E-state index in [4.69, 9.17) is 7.10 Å².